The molecule has 12 nitrogen and oxygen atoms in total. The Balaban J connectivity index is 0.000000132. The average Bonchev–Trinajstić information content (AvgIpc) is 4.24. The molecule has 1 aliphatic carbocycles. The number of aromatic carboxylic acids is 1. The molecule has 2 spiro atoms. The number of aromatic amines is 2. The third kappa shape index (κ3) is 9.24. The number of pyridine rings is 4. The molecule has 4 aliphatic rings. The summed E-state index contributed by atoms with van der Waals surface area (Å²) in [5, 5.41) is 14.4. The van der Waals surface area contributed by atoms with E-state index in [9.17, 15) is 9.59 Å². The summed E-state index contributed by atoms with van der Waals surface area (Å²) in [4.78, 5) is 48.9. The maximum Gasteiger partial charge on any atom is 0.354 e. The fraction of sp³-hybridized carbons (Fsp3) is 0.283. The van der Waals surface area contributed by atoms with Gasteiger partial charge in [0.25, 0.3) is 0 Å². The molecule has 4 N–H and O–H groups in total. The van der Waals surface area contributed by atoms with Gasteiger partial charge in [0.1, 0.15) is 22.7 Å². The van der Waals surface area contributed by atoms with Crippen LogP contribution in [-0.4, -0.2) is 86.3 Å². The van der Waals surface area contributed by atoms with Crippen molar-refractivity contribution in [3.63, 3.8) is 0 Å². The van der Waals surface area contributed by atoms with Crippen LogP contribution in [0.2, 0.25) is 0 Å². The number of rotatable bonds is 7. The molecule has 12 heteroatoms. The van der Waals surface area contributed by atoms with Crippen molar-refractivity contribution in [2.24, 2.45) is 16.7 Å². The third-order valence-electron chi connectivity index (χ3n) is 13.4. The quantitative estimate of drug-likeness (QED) is 0.113. The van der Waals surface area contributed by atoms with Crippen LogP contribution in [0, 0.1) is 16.7 Å². The number of hydrogen-bond acceptors (Lipinski definition) is 9. The minimum Gasteiger partial charge on any atom is -0.477 e. The van der Waals surface area contributed by atoms with Crippen molar-refractivity contribution in [2.45, 2.75) is 38.5 Å². The van der Waals surface area contributed by atoms with Gasteiger partial charge in [-0.1, -0.05) is 72.8 Å². The highest BCUT2D eigenvalue weighted by Gasteiger charge is 2.44. The molecule has 0 radical (unpaired) electrons. The van der Waals surface area contributed by atoms with Gasteiger partial charge in [-0.05, 0) is 110 Å². The molecule has 0 bridgehead atoms. The first kappa shape index (κ1) is 42.1. The number of Topliss-reactive ketones (excluding diaryl/α,β-unsaturated/α-hetero) is 1. The molecule has 1 saturated carbocycles. The summed E-state index contributed by atoms with van der Waals surface area (Å²) in [5.74, 6) is -0.824. The van der Waals surface area contributed by atoms with Gasteiger partial charge in [0.2, 0.25) is 0 Å². The predicted octanol–water partition coefficient (Wildman–Crippen LogP) is 10.1. The topological polar surface area (TPSA) is 168 Å². The van der Waals surface area contributed by atoms with Crippen LogP contribution < -0.4 is 5.32 Å². The normalized spacial score (nSPS) is 21.1. The summed E-state index contributed by atoms with van der Waals surface area (Å²) < 4.78 is 11.0. The highest BCUT2D eigenvalue weighted by Crippen LogP contribution is 2.48. The largest absolute Gasteiger partial charge is 0.477 e. The number of ether oxygens (including phenoxy) is 2. The third-order valence-corrected chi connectivity index (χ3v) is 13.4. The highest BCUT2D eigenvalue weighted by molar-refractivity contribution is 5.97. The number of nitrogens with zero attached hydrogens (tertiary/aromatic N) is 4. The summed E-state index contributed by atoms with van der Waals surface area (Å²) in [7, 11) is 0. The van der Waals surface area contributed by atoms with Gasteiger partial charge in [-0.25, -0.2) is 24.7 Å². The Morgan fingerprint density at radius 3 is 1.68 bits per heavy atom. The number of nitrogens with one attached hydrogen (secondary N) is 3. The molecular weight excluding hydrogens is 815 g/mol. The number of benzene rings is 2. The van der Waals surface area contributed by atoms with Gasteiger partial charge >= 0.3 is 5.97 Å². The number of aromatic nitrogens is 6. The lowest BCUT2D eigenvalue weighted by Crippen LogP contribution is -2.23. The van der Waals surface area contributed by atoms with Crippen LogP contribution in [0.3, 0.4) is 0 Å². The van der Waals surface area contributed by atoms with Gasteiger partial charge in [0.05, 0.1) is 24.6 Å². The molecule has 328 valence electrons. The molecular formula is C53H51N7O5. The minimum atomic E-state index is -1.04. The van der Waals surface area contributed by atoms with Crippen LogP contribution >= 0.6 is 0 Å². The second kappa shape index (κ2) is 18.3. The first-order valence-corrected chi connectivity index (χ1v) is 22.5. The minimum absolute atomic E-state index is 0.0200. The van der Waals surface area contributed by atoms with Crippen LogP contribution in [0.25, 0.3) is 67.1 Å². The van der Waals surface area contributed by atoms with E-state index in [1.54, 1.807) is 18.3 Å². The van der Waals surface area contributed by atoms with Crippen LogP contribution in [0.4, 0.5) is 0 Å². The van der Waals surface area contributed by atoms with Crippen LogP contribution in [-0.2, 0) is 9.47 Å². The molecule has 12 rings (SSSR count). The van der Waals surface area contributed by atoms with E-state index in [-0.39, 0.29) is 22.8 Å². The zero-order valence-electron chi connectivity index (χ0n) is 36.1. The van der Waals surface area contributed by atoms with Crippen LogP contribution in [0.15, 0.2) is 134 Å². The van der Waals surface area contributed by atoms with Crippen LogP contribution in [0.5, 0.6) is 0 Å². The van der Waals surface area contributed by atoms with E-state index in [2.05, 4.69) is 54.5 Å². The zero-order valence-corrected chi connectivity index (χ0v) is 36.1. The second-order valence-corrected chi connectivity index (χ2v) is 17.9. The molecule has 8 aromatic rings. The van der Waals surface area contributed by atoms with Gasteiger partial charge in [0.15, 0.2) is 5.78 Å². The van der Waals surface area contributed by atoms with Crippen molar-refractivity contribution in [1.29, 1.82) is 0 Å². The fourth-order valence-corrected chi connectivity index (χ4v) is 9.73. The monoisotopic (exact) mass is 865 g/mol. The number of carboxylic acid groups (broad SMARTS) is 1. The van der Waals surface area contributed by atoms with Crippen molar-refractivity contribution in [1.82, 2.24) is 35.2 Å². The maximum absolute atomic E-state index is 13.2. The first-order valence-electron chi connectivity index (χ1n) is 22.5. The van der Waals surface area contributed by atoms with Crippen molar-refractivity contribution >= 4 is 33.8 Å². The molecule has 3 atom stereocenters. The van der Waals surface area contributed by atoms with Gasteiger partial charge in [-0.15, -0.1) is 0 Å². The van der Waals surface area contributed by atoms with E-state index in [1.807, 2.05) is 85.1 Å². The van der Waals surface area contributed by atoms with Crippen LogP contribution in [0.1, 0.15) is 59.5 Å². The van der Waals surface area contributed by atoms with Crippen molar-refractivity contribution in [3.8, 4) is 45.0 Å². The standard InChI is InChI=1S/C27H25N3O2.C19H13N3O2.C7H13NO/c31-25(19-9-10-27(15-19)11-12-32-17-27)23-8-4-7-22(29-23)21-13-20-14-24(30-26(20)28-16-21)18-5-2-1-3-6-18;23-19(24)16-8-4-7-15(21-16)14-9-13-10-17(22-18(13)20-11-14)12-5-2-1-3-6-12;1-3-8-5-7(1)2-4-9-6-7/h1-8,13-14,16,19H,9-12,15,17H2,(H,28,30);1-11H,(H,20,22)(H,23,24);8H,1-6H2. The van der Waals surface area contributed by atoms with E-state index >= 15 is 0 Å². The number of H-pyrrole nitrogens is 2. The predicted molar refractivity (Wildman–Crippen MR) is 251 cm³/mol. The average molecular weight is 866 g/mol. The Kier molecular flexibility index (Phi) is 11.9. The molecule has 4 fully saturated rings. The summed E-state index contributed by atoms with van der Waals surface area (Å²) in [6.07, 6.45) is 10.2. The summed E-state index contributed by atoms with van der Waals surface area (Å²) in [6.45, 7) is 6.00. The number of carboxylic acids is 1. The Hall–Kier alpha value is -6.86. The van der Waals surface area contributed by atoms with Gasteiger partial charge in [-0.2, -0.15) is 0 Å². The Labute approximate surface area is 376 Å². The molecule has 0 amide bonds. The molecule has 2 aromatic carbocycles. The molecule has 65 heavy (non-hydrogen) atoms. The summed E-state index contributed by atoms with van der Waals surface area (Å²) in [6, 6.07) is 39.1. The summed E-state index contributed by atoms with van der Waals surface area (Å²) >= 11 is 0. The fourth-order valence-electron chi connectivity index (χ4n) is 9.73. The number of fused-ring (bicyclic) bond motifs is 2. The SMILES string of the molecule is C1CC2(CCOC2)CN1.O=C(O)c1cccc(-c2cnc3[nH]c(-c4ccccc4)cc3c2)n1.O=C(c1cccc(-c2cnc3[nH]c(-c4ccccc4)cc3c2)n1)C1CCC2(CCOC2)C1. The lowest BCUT2D eigenvalue weighted by molar-refractivity contribution is 0.0690. The maximum atomic E-state index is 13.2. The molecule has 3 aliphatic heterocycles. The molecule has 6 aromatic heterocycles. The van der Waals surface area contributed by atoms with Gasteiger partial charge in [0, 0.05) is 76.8 Å². The van der Waals surface area contributed by atoms with Crippen molar-refractivity contribution in [3.05, 3.63) is 145 Å². The lowest BCUT2D eigenvalue weighted by atomic mass is 9.84. The van der Waals surface area contributed by atoms with Crippen molar-refractivity contribution < 1.29 is 24.2 Å². The Bertz CT molecular complexity index is 2930. The first-order chi connectivity index (χ1) is 31.8. The van der Waals surface area contributed by atoms with Crippen molar-refractivity contribution in [2.75, 3.05) is 39.5 Å². The van der Waals surface area contributed by atoms with E-state index in [0.717, 1.165) is 114 Å². The Morgan fingerprint density at radius 1 is 0.600 bits per heavy atom. The Morgan fingerprint density at radius 2 is 1.15 bits per heavy atom. The van der Waals surface area contributed by atoms with E-state index in [0.29, 0.717) is 16.8 Å². The molecule has 3 saturated heterocycles. The van der Waals surface area contributed by atoms with E-state index in [1.165, 1.54) is 32.0 Å². The number of carbonyl (C=O) groups is 2. The number of ketones is 1. The smallest absolute Gasteiger partial charge is 0.354 e. The van der Waals surface area contributed by atoms with E-state index < -0.39 is 5.97 Å². The number of hydrogen-bond donors (Lipinski definition) is 4. The second-order valence-electron chi connectivity index (χ2n) is 17.9. The zero-order chi connectivity index (χ0) is 44.2. The van der Waals surface area contributed by atoms with Gasteiger partial charge < -0.3 is 29.9 Å². The summed E-state index contributed by atoms with van der Waals surface area (Å²) in [5.41, 5.74) is 10.3. The highest BCUT2D eigenvalue weighted by atomic mass is 16.5. The number of carbonyl (C=O) groups excluding carboxylic acids is 1. The lowest BCUT2D eigenvalue weighted by Gasteiger charge is -2.20. The van der Waals surface area contributed by atoms with Gasteiger partial charge in [-0.3, -0.25) is 4.79 Å². The van der Waals surface area contributed by atoms with E-state index in [4.69, 9.17) is 19.6 Å². The molecule has 9 heterocycles. The molecule has 3 unspecified atom stereocenters.